The summed E-state index contributed by atoms with van der Waals surface area (Å²) in [6.45, 7) is 1.83. The van der Waals surface area contributed by atoms with Crippen LogP contribution in [0.5, 0.6) is 0 Å². The van der Waals surface area contributed by atoms with E-state index in [2.05, 4.69) is 0 Å². The van der Waals surface area contributed by atoms with E-state index >= 15 is 0 Å². The lowest BCUT2D eigenvalue weighted by Gasteiger charge is -2.28. The molecule has 1 aliphatic rings. The molecule has 0 aromatic rings. The molecule has 1 saturated carbocycles. The first-order valence-corrected chi connectivity index (χ1v) is 6.98. The molecule has 1 rings (SSSR count). The first-order valence-electron chi connectivity index (χ1n) is 6.98. The topological polar surface area (TPSA) is 57.6 Å². The van der Waals surface area contributed by atoms with Crippen LogP contribution in [0.15, 0.2) is 0 Å². The van der Waals surface area contributed by atoms with E-state index in [4.69, 9.17) is 5.11 Å². The highest BCUT2D eigenvalue weighted by Gasteiger charge is 2.22. The summed E-state index contributed by atoms with van der Waals surface area (Å²) in [4.78, 5) is 24.5. The molecule has 1 aliphatic carbocycles. The van der Waals surface area contributed by atoms with Gasteiger partial charge in [0.25, 0.3) is 0 Å². The molecule has 1 atom stereocenters. The molecule has 1 amide bonds. The van der Waals surface area contributed by atoms with Crippen molar-refractivity contribution in [2.24, 2.45) is 5.92 Å². The normalized spacial score (nSPS) is 19.0. The van der Waals surface area contributed by atoms with Gasteiger partial charge >= 0.3 is 5.97 Å². The number of carbonyl (C=O) groups excluding carboxylic acids is 1. The van der Waals surface area contributed by atoms with Crippen molar-refractivity contribution in [3.8, 4) is 0 Å². The quantitative estimate of drug-likeness (QED) is 0.768. The summed E-state index contributed by atoms with van der Waals surface area (Å²) in [6, 6.07) is 0.358. The molecule has 0 bridgehead atoms. The smallest absolute Gasteiger partial charge is 0.303 e. The number of aliphatic carboxylic acids is 1. The van der Waals surface area contributed by atoms with Crippen LogP contribution in [0.3, 0.4) is 0 Å². The Labute approximate surface area is 109 Å². The Bertz CT molecular complexity index is 283. The molecule has 104 valence electrons. The molecule has 18 heavy (non-hydrogen) atoms. The minimum absolute atomic E-state index is 0.0737. The second-order valence-corrected chi connectivity index (χ2v) is 5.56. The molecule has 0 aliphatic heterocycles. The SMILES string of the molecule is CC(CC(=O)O)CC(=O)N(C)C1CCCCCC1. The van der Waals surface area contributed by atoms with Crippen molar-refractivity contribution in [1.29, 1.82) is 0 Å². The van der Waals surface area contributed by atoms with E-state index in [1.54, 1.807) is 0 Å². The van der Waals surface area contributed by atoms with E-state index < -0.39 is 5.97 Å². The van der Waals surface area contributed by atoms with Crippen molar-refractivity contribution in [2.75, 3.05) is 7.05 Å². The van der Waals surface area contributed by atoms with Gasteiger partial charge in [-0.15, -0.1) is 0 Å². The average molecular weight is 255 g/mol. The van der Waals surface area contributed by atoms with E-state index in [-0.39, 0.29) is 18.2 Å². The molecule has 0 aromatic carbocycles. The summed E-state index contributed by atoms with van der Waals surface area (Å²) in [5.41, 5.74) is 0. The number of carboxylic acid groups (broad SMARTS) is 1. The van der Waals surface area contributed by atoms with E-state index in [0.717, 1.165) is 12.8 Å². The Morgan fingerprint density at radius 2 is 1.72 bits per heavy atom. The van der Waals surface area contributed by atoms with Crippen LogP contribution in [0.1, 0.15) is 58.3 Å². The van der Waals surface area contributed by atoms with Gasteiger partial charge in [-0.1, -0.05) is 32.6 Å². The molecule has 1 N–H and O–H groups in total. The number of carboxylic acids is 1. The van der Waals surface area contributed by atoms with E-state index in [1.807, 2.05) is 18.9 Å². The van der Waals surface area contributed by atoms with Crippen molar-refractivity contribution >= 4 is 11.9 Å². The van der Waals surface area contributed by atoms with E-state index in [1.165, 1.54) is 25.7 Å². The Morgan fingerprint density at radius 3 is 2.22 bits per heavy atom. The minimum Gasteiger partial charge on any atom is -0.481 e. The standard InChI is InChI=1S/C14H25NO3/c1-11(10-14(17)18)9-13(16)15(2)12-7-5-3-4-6-8-12/h11-12H,3-10H2,1-2H3,(H,17,18). The van der Waals surface area contributed by atoms with Crippen molar-refractivity contribution in [3.63, 3.8) is 0 Å². The van der Waals surface area contributed by atoms with Crippen LogP contribution in [0.25, 0.3) is 0 Å². The third-order valence-electron chi connectivity index (χ3n) is 3.81. The largest absolute Gasteiger partial charge is 0.481 e. The van der Waals surface area contributed by atoms with Crippen LogP contribution >= 0.6 is 0 Å². The maximum atomic E-state index is 12.1. The van der Waals surface area contributed by atoms with Gasteiger partial charge in [0, 0.05) is 25.9 Å². The molecular formula is C14H25NO3. The van der Waals surface area contributed by atoms with Crippen LogP contribution in [0.2, 0.25) is 0 Å². The first-order chi connectivity index (χ1) is 8.50. The zero-order valence-corrected chi connectivity index (χ0v) is 11.5. The van der Waals surface area contributed by atoms with Gasteiger partial charge < -0.3 is 10.0 Å². The Balaban J connectivity index is 2.41. The van der Waals surface area contributed by atoms with Crippen molar-refractivity contribution < 1.29 is 14.7 Å². The number of nitrogens with zero attached hydrogens (tertiary/aromatic N) is 1. The fourth-order valence-electron chi connectivity index (χ4n) is 2.66. The molecule has 1 fully saturated rings. The molecule has 4 heteroatoms. The summed E-state index contributed by atoms with van der Waals surface area (Å²) in [5, 5.41) is 8.70. The summed E-state index contributed by atoms with van der Waals surface area (Å²) < 4.78 is 0. The predicted molar refractivity (Wildman–Crippen MR) is 70.3 cm³/mol. The lowest BCUT2D eigenvalue weighted by atomic mass is 10.0. The summed E-state index contributed by atoms with van der Waals surface area (Å²) in [5.74, 6) is -0.814. The maximum absolute atomic E-state index is 12.1. The number of amides is 1. The monoisotopic (exact) mass is 255 g/mol. The number of hydrogen-bond donors (Lipinski definition) is 1. The zero-order chi connectivity index (χ0) is 13.5. The second-order valence-electron chi connectivity index (χ2n) is 5.56. The summed E-state index contributed by atoms with van der Waals surface area (Å²) in [7, 11) is 1.87. The van der Waals surface area contributed by atoms with Crippen molar-refractivity contribution in [1.82, 2.24) is 4.90 Å². The summed E-state index contributed by atoms with van der Waals surface area (Å²) in [6.07, 6.45) is 7.55. The van der Waals surface area contributed by atoms with Crippen molar-refractivity contribution in [2.45, 2.75) is 64.3 Å². The predicted octanol–water partition coefficient (Wildman–Crippen LogP) is 2.67. The maximum Gasteiger partial charge on any atom is 0.303 e. The molecule has 0 heterocycles. The van der Waals surface area contributed by atoms with Gasteiger partial charge in [-0.25, -0.2) is 0 Å². The molecule has 0 saturated heterocycles. The number of rotatable bonds is 5. The number of carbonyl (C=O) groups is 2. The fourth-order valence-corrected chi connectivity index (χ4v) is 2.66. The van der Waals surface area contributed by atoms with Crippen LogP contribution in [-0.2, 0) is 9.59 Å². The highest BCUT2D eigenvalue weighted by Crippen LogP contribution is 2.22. The van der Waals surface area contributed by atoms with Gasteiger partial charge in [0.1, 0.15) is 0 Å². The molecule has 0 radical (unpaired) electrons. The molecule has 1 unspecified atom stereocenters. The number of hydrogen-bond acceptors (Lipinski definition) is 2. The highest BCUT2D eigenvalue weighted by atomic mass is 16.4. The Hall–Kier alpha value is -1.06. The molecular weight excluding hydrogens is 230 g/mol. The van der Waals surface area contributed by atoms with Gasteiger partial charge in [0.05, 0.1) is 0 Å². The Morgan fingerprint density at radius 1 is 1.17 bits per heavy atom. The van der Waals surface area contributed by atoms with Crippen molar-refractivity contribution in [3.05, 3.63) is 0 Å². The first kappa shape index (κ1) is 15.0. The van der Waals surface area contributed by atoms with Gasteiger partial charge in [-0.3, -0.25) is 9.59 Å². The van der Waals surface area contributed by atoms with Gasteiger partial charge in [-0.05, 0) is 18.8 Å². The average Bonchev–Trinajstić information content (AvgIpc) is 2.55. The van der Waals surface area contributed by atoms with Crippen LogP contribution in [-0.4, -0.2) is 35.0 Å². The Kier molecular flexibility index (Phi) is 6.16. The summed E-state index contributed by atoms with van der Waals surface area (Å²) >= 11 is 0. The van der Waals surface area contributed by atoms with E-state index in [9.17, 15) is 9.59 Å². The third-order valence-corrected chi connectivity index (χ3v) is 3.81. The minimum atomic E-state index is -0.826. The lowest BCUT2D eigenvalue weighted by molar-refractivity contribution is -0.138. The van der Waals surface area contributed by atoms with Crippen LogP contribution < -0.4 is 0 Å². The molecule has 0 spiro atoms. The van der Waals surface area contributed by atoms with Crippen LogP contribution in [0, 0.1) is 5.92 Å². The fraction of sp³-hybridized carbons (Fsp3) is 0.857. The van der Waals surface area contributed by atoms with Gasteiger partial charge in [0.2, 0.25) is 5.91 Å². The highest BCUT2D eigenvalue weighted by molar-refractivity contribution is 5.77. The molecule has 0 aromatic heterocycles. The van der Waals surface area contributed by atoms with Crippen LogP contribution in [0.4, 0.5) is 0 Å². The zero-order valence-electron chi connectivity index (χ0n) is 11.5. The molecule has 4 nitrogen and oxygen atoms in total. The van der Waals surface area contributed by atoms with Gasteiger partial charge in [0.15, 0.2) is 0 Å². The van der Waals surface area contributed by atoms with E-state index in [0.29, 0.717) is 12.5 Å². The second kappa shape index (κ2) is 7.39. The van der Waals surface area contributed by atoms with Gasteiger partial charge in [-0.2, -0.15) is 0 Å². The third kappa shape index (κ3) is 5.07. The lowest BCUT2D eigenvalue weighted by Crippen LogP contribution is -2.37.